The van der Waals surface area contributed by atoms with E-state index in [0.29, 0.717) is 0 Å². The molecule has 3 heteroatoms. The van der Waals surface area contributed by atoms with Crippen LogP contribution in [0.5, 0.6) is 0 Å². The largest absolute Gasteiger partial charge is 0.392 e. The standard InChI is InChI=1S/C18H18N2O/c21-13-15-6-4-14(5-7-15)10-20-12-17-3-1-2-16-11-19-9-8-18(16)17/h1-9,11,20-21H,10,12-13H2. The molecule has 0 saturated carbocycles. The molecule has 0 unspecified atom stereocenters. The zero-order valence-corrected chi connectivity index (χ0v) is 11.8. The van der Waals surface area contributed by atoms with Crippen LogP contribution in [-0.2, 0) is 19.7 Å². The summed E-state index contributed by atoms with van der Waals surface area (Å²) in [6.45, 7) is 1.73. The molecule has 1 heterocycles. The number of nitrogens with one attached hydrogen (secondary N) is 1. The fourth-order valence-corrected chi connectivity index (χ4v) is 2.45. The Balaban J connectivity index is 1.66. The van der Waals surface area contributed by atoms with Gasteiger partial charge in [0.25, 0.3) is 0 Å². The predicted molar refractivity (Wildman–Crippen MR) is 84.7 cm³/mol. The fraction of sp³-hybridized carbons (Fsp3) is 0.167. The molecule has 0 atom stereocenters. The number of fused-ring (bicyclic) bond motifs is 1. The van der Waals surface area contributed by atoms with E-state index in [1.165, 1.54) is 21.9 Å². The molecule has 0 spiro atoms. The van der Waals surface area contributed by atoms with Crippen LogP contribution in [0.4, 0.5) is 0 Å². The fourth-order valence-electron chi connectivity index (χ4n) is 2.45. The van der Waals surface area contributed by atoms with Crippen molar-refractivity contribution in [3.05, 3.63) is 77.6 Å². The topological polar surface area (TPSA) is 45.1 Å². The Morgan fingerprint density at radius 1 is 0.905 bits per heavy atom. The second kappa shape index (κ2) is 6.48. The van der Waals surface area contributed by atoms with E-state index in [4.69, 9.17) is 5.11 Å². The Labute approximate surface area is 124 Å². The highest BCUT2D eigenvalue weighted by atomic mass is 16.3. The summed E-state index contributed by atoms with van der Waals surface area (Å²) in [5.74, 6) is 0. The Bertz CT molecular complexity index is 717. The predicted octanol–water partition coefficient (Wildman–Crippen LogP) is 3.02. The third kappa shape index (κ3) is 3.27. The van der Waals surface area contributed by atoms with Gasteiger partial charge in [0.05, 0.1) is 6.61 Å². The molecule has 0 aliphatic heterocycles. The molecular formula is C18H18N2O. The van der Waals surface area contributed by atoms with E-state index in [0.717, 1.165) is 18.7 Å². The van der Waals surface area contributed by atoms with Gasteiger partial charge in [-0.05, 0) is 28.1 Å². The van der Waals surface area contributed by atoms with E-state index in [1.54, 1.807) is 0 Å². The molecular weight excluding hydrogens is 260 g/mol. The average Bonchev–Trinajstić information content (AvgIpc) is 2.56. The monoisotopic (exact) mass is 278 g/mol. The quantitative estimate of drug-likeness (QED) is 0.754. The summed E-state index contributed by atoms with van der Waals surface area (Å²) in [5, 5.41) is 14.9. The molecule has 21 heavy (non-hydrogen) atoms. The minimum Gasteiger partial charge on any atom is -0.392 e. The molecule has 0 aliphatic carbocycles. The van der Waals surface area contributed by atoms with Gasteiger partial charge >= 0.3 is 0 Å². The molecule has 0 fully saturated rings. The minimum atomic E-state index is 0.0950. The molecule has 0 aliphatic rings. The van der Waals surface area contributed by atoms with E-state index in [9.17, 15) is 0 Å². The maximum atomic E-state index is 9.03. The number of nitrogens with zero attached hydrogens (tertiary/aromatic N) is 1. The van der Waals surface area contributed by atoms with Crippen molar-refractivity contribution < 1.29 is 5.11 Å². The number of pyridine rings is 1. The zero-order valence-electron chi connectivity index (χ0n) is 11.8. The number of aromatic nitrogens is 1. The molecule has 0 saturated heterocycles. The maximum absolute atomic E-state index is 9.03. The Morgan fingerprint density at radius 2 is 1.71 bits per heavy atom. The van der Waals surface area contributed by atoms with Gasteiger partial charge in [-0.15, -0.1) is 0 Å². The molecule has 2 N–H and O–H groups in total. The Morgan fingerprint density at radius 3 is 2.52 bits per heavy atom. The summed E-state index contributed by atoms with van der Waals surface area (Å²) in [4.78, 5) is 4.16. The van der Waals surface area contributed by atoms with Crippen LogP contribution in [0.15, 0.2) is 60.9 Å². The number of rotatable bonds is 5. The van der Waals surface area contributed by atoms with Crippen LogP contribution >= 0.6 is 0 Å². The number of benzene rings is 2. The summed E-state index contributed by atoms with van der Waals surface area (Å²) in [5.41, 5.74) is 3.44. The summed E-state index contributed by atoms with van der Waals surface area (Å²) >= 11 is 0. The SMILES string of the molecule is OCc1ccc(CNCc2cccc3cnccc23)cc1. The first-order chi connectivity index (χ1) is 10.4. The first-order valence-corrected chi connectivity index (χ1v) is 7.08. The van der Waals surface area contributed by atoms with Crippen LogP contribution in [0.2, 0.25) is 0 Å². The second-order valence-corrected chi connectivity index (χ2v) is 5.09. The van der Waals surface area contributed by atoms with Gasteiger partial charge in [-0.25, -0.2) is 0 Å². The lowest BCUT2D eigenvalue weighted by Crippen LogP contribution is -2.12. The van der Waals surface area contributed by atoms with E-state index in [2.05, 4.69) is 34.6 Å². The number of hydrogen-bond acceptors (Lipinski definition) is 3. The molecule has 0 amide bonds. The van der Waals surface area contributed by atoms with Gasteiger partial charge in [0.2, 0.25) is 0 Å². The summed E-state index contributed by atoms with van der Waals surface area (Å²) in [7, 11) is 0. The lowest BCUT2D eigenvalue weighted by atomic mass is 10.1. The van der Waals surface area contributed by atoms with Crippen molar-refractivity contribution in [2.75, 3.05) is 0 Å². The van der Waals surface area contributed by atoms with Crippen molar-refractivity contribution in [2.24, 2.45) is 0 Å². The average molecular weight is 278 g/mol. The minimum absolute atomic E-state index is 0.0950. The summed E-state index contributed by atoms with van der Waals surface area (Å²) < 4.78 is 0. The van der Waals surface area contributed by atoms with Gasteiger partial charge in [-0.3, -0.25) is 4.98 Å². The van der Waals surface area contributed by atoms with Gasteiger partial charge < -0.3 is 10.4 Å². The van der Waals surface area contributed by atoms with Gasteiger partial charge in [0, 0.05) is 30.9 Å². The molecule has 0 radical (unpaired) electrons. The van der Waals surface area contributed by atoms with Crippen molar-refractivity contribution >= 4 is 10.8 Å². The zero-order chi connectivity index (χ0) is 14.5. The van der Waals surface area contributed by atoms with Crippen molar-refractivity contribution in [1.82, 2.24) is 10.3 Å². The van der Waals surface area contributed by atoms with Gasteiger partial charge in [-0.2, -0.15) is 0 Å². The van der Waals surface area contributed by atoms with Gasteiger partial charge in [-0.1, -0.05) is 42.5 Å². The van der Waals surface area contributed by atoms with Crippen LogP contribution < -0.4 is 5.32 Å². The maximum Gasteiger partial charge on any atom is 0.0681 e. The number of aliphatic hydroxyl groups is 1. The van der Waals surface area contributed by atoms with Crippen molar-refractivity contribution in [1.29, 1.82) is 0 Å². The molecule has 0 bridgehead atoms. The third-order valence-electron chi connectivity index (χ3n) is 3.62. The van der Waals surface area contributed by atoms with Crippen LogP contribution in [0.25, 0.3) is 10.8 Å². The Kier molecular flexibility index (Phi) is 4.24. The van der Waals surface area contributed by atoms with E-state index in [1.807, 2.05) is 36.7 Å². The molecule has 3 rings (SSSR count). The lowest BCUT2D eigenvalue weighted by molar-refractivity contribution is 0.282. The molecule has 1 aromatic heterocycles. The summed E-state index contributed by atoms with van der Waals surface area (Å²) in [6, 6.07) is 16.4. The smallest absolute Gasteiger partial charge is 0.0681 e. The molecule has 2 aromatic carbocycles. The van der Waals surface area contributed by atoms with Crippen molar-refractivity contribution in [3.63, 3.8) is 0 Å². The second-order valence-electron chi connectivity index (χ2n) is 5.09. The van der Waals surface area contributed by atoms with Crippen molar-refractivity contribution in [3.8, 4) is 0 Å². The molecule has 3 aromatic rings. The van der Waals surface area contributed by atoms with E-state index >= 15 is 0 Å². The number of aliphatic hydroxyl groups excluding tert-OH is 1. The van der Waals surface area contributed by atoms with Crippen LogP contribution in [0.1, 0.15) is 16.7 Å². The van der Waals surface area contributed by atoms with E-state index in [-0.39, 0.29) is 6.61 Å². The Hall–Kier alpha value is -2.23. The first-order valence-electron chi connectivity index (χ1n) is 7.08. The lowest BCUT2D eigenvalue weighted by Gasteiger charge is -2.08. The molecule has 3 nitrogen and oxygen atoms in total. The van der Waals surface area contributed by atoms with Crippen LogP contribution in [-0.4, -0.2) is 10.1 Å². The summed E-state index contributed by atoms with van der Waals surface area (Å²) in [6.07, 6.45) is 3.73. The van der Waals surface area contributed by atoms with Crippen molar-refractivity contribution in [2.45, 2.75) is 19.7 Å². The molecule has 106 valence electrons. The first kappa shape index (κ1) is 13.7. The highest BCUT2D eigenvalue weighted by Gasteiger charge is 2.00. The van der Waals surface area contributed by atoms with Crippen LogP contribution in [0.3, 0.4) is 0 Å². The van der Waals surface area contributed by atoms with Gasteiger partial charge in [0.1, 0.15) is 0 Å². The van der Waals surface area contributed by atoms with E-state index < -0.39 is 0 Å². The van der Waals surface area contributed by atoms with Gasteiger partial charge in [0.15, 0.2) is 0 Å². The third-order valence-corrected chi connectivity index (χ3v) is 3.62. The number of hydrogen-bond donors (Lipinski definition) is 2. The highest BCUT2D eigenvalue weighted by molar-refractivity contribution is 5.84. The van der Waals surface area contributed by atoms with Crippen LogP contribution in [0, 0.1) is 0 Å². The highest BCUT2D eigenvalue weighted by Crippen LogP contribution is 2.17. The normalized spacial score (nSPS) is 10.9.